The molecule has 2 atom stereocenters. The first-order chi connectivity index (χ1) is 19.1. The van der Waals surface area contributed by atoms with Crippen molar-refractivity contribution < 1.29 is 27.2 Å². The minimum atomic E-state index is -4.63. The number of hydrogen-bond acceptors (Lipinski definition) is 3. The van der Waals surface area contributed by atoms with Crippen molar-refractivity contribution in [2.45, 2.75) is 43.9 Å². The molecule has 4 aromatic rings. The van der Waals surface area contributed by atoms with Gasteiger partial charge in [-0.15, -0.1) is 0 Å². The van der Waals surface area contributed by atoms with E-state index in [0.717, 1.165) is 36.7 Å². The van der Waals surface area contributed by atoms with Crippen LogP contribution in [0, 0.1) is 12.7 Å². The van der Waals surface area contributed by atoms with Gasteiger partial charge in [0.2, 0.25) is 0 Å². The lowest BCUT2D eigenvalue weighted by Gasteiger charge is -2.39. The molecular weight excluding hydrogens is 524 g/mol. The molecule has 1 aliphatic carbocycles. The summed E-state index contributed by atoms with van der Waals surface area (Å²) < 4.78 is 55.6. The van der Waals surface area contributed by atoms with E-state index in [9.17, 15) is 27.2 Å². The summed E-state index contributed by atoms with van der Waals surface area (Å²) in [4.78, 5) is 29.2. The van der Waals surface area contributed by atoms with Gasteiger partial charge in [-0.25, -0.2) is 9.07 Å². The average molecular weight is 549 g/mol. The van der Waals surface area contributed by atoms with Crippen LogP contribution in [0.5, 0.6) is 0 Å². The summed E-state index contributed by atoms with van der Waals surface area (Å²) in [5.74, 6) is -1.86. The topological polar surface area (TPSA) is 67.2 Å². The molecule has 6 nitrogen and oxygen atoms in total. The Bertz CT molecular complexity index is 1590. The minimum Gasteiger partial charge on any atom is -0.339 e. The van der Waals surface area contributed by atoms with Gasteiger partial charge in [0.25, 0.3) is 11.8 Å². The van der Waals surface area contributed by atoms with Gasteiger partial charge in [0.1, 0.15) is 17.7 Å². The number of halogens is 4. The number of rotatable bonds is 5. The summed E-state index contributed by atoms with van der Waals surface area (Å²) in [5.41, 5.74) is 1.43. The van der Waals surface area contributed by atoms with E-state index < -0.39 is 41.3 Å². The van der Waals surface area contributed by atoms with Gasteiger partial charge >= 0.3 is 6.18 Å². The number of alkyl halides is 3. The number of nitrogens with zero attached hydrogens (tertiary/aromatic N) is 3. The normalized spacial score (nSPS) is 18.9. The number of fused-ring (bicyclic) bond motifs is 1. The van der Waals surface area contributed by atoms with Crippen molar-refractivity contribution in [2.75, 3.05) is 4.90 Å². The van der Waals surface area contributed by atoms with Gasteiger partial charge < -0.3 is 5.32 Å². The molecule has 1 fully saturated rings. The first-order valence-electron chi connectivity index (χ1n) is 12.8. The Morgan fingerprint density at radius 2 is 1.68 bits per heavy atom. The van der Waals surface area contributed by atoms with Crippen LogP contribution < -0.4 is 10.2 Å². The van der Waals surface area contributed by atoms with Crippen LogP contribution >= 0.6 is 0 Å². The van der Waals surface area contributed by atoms with Crippen LogP contribution in [0.3, 0.4) is 0 Å². The molecule has 1 saturated carbocycles. The molecule has 6 rings (SSSR count). The summed E-state index contributed by atoms with van der Waals surface area (Å²) in [6.07, 6.45) is -3.10. The number of amides is 2. The van der Waals surface area contributed by atoms with Crippen LogP contribution in [0.15, 0.2) is 78.9 Å². The summed E-state index contributed by atoms with van der Waals surface area (Å²) in [6.45, 7) is 1.81. The average Bonchev–Trinajstić information content (AvgIpc) is 3.72. The van der Waals surface area contributed by atoms with Gasteiger partial charge in [-0.3, -0.25) is 14.5 Å². The van der Waals surface area contributed by atoms with Crippen molar-refractivity contribution in [1.82, 2.24) is 15.1 Å². The zero-order valence-corrected chi connectivity index (χ0v) is 21.3. The molecule has 10 heteroatoms. The lowest BCUT2D eigenvalue weighted by atomic mass is 9.81. The zero-order chi connectivity index (χ0) is 28.2. The maximum Gasteiger partial charge on any atom is 0.416 e. The zero-order valence-electron chi connectivity index (χ0n) is 21.3. The van der Waals surface area contributed by atoms with Crippen molar-refractivity contribution in [3.05, 3.63) is 113 Å². The number of para-hydroxylation sites is 1. The number of carbonyl (C=O) groups excluding carboxylic acids is 2. The van der Waals surface area contributed by atoms with Crippen molar-refractivity contribution in [3.8, 4) is 5.69 Å². The van der Waals surface area contributed by atoms with Crippen LogP contribution in [0.25, 0.3) is 5.69 Å². The second-order valence-electron chi connectivity index (χ2n) is 10.1. The van der Waals surface area contributed by atoms with Crippen LogP contribution in [-0.4, -0.2) is 33.7 Å². The van der Waals surface area contributed by atoms with E-state index in [-0.39, 0.29) is 11.6 Å². The number of nitrogens with one attached hydrogen (secondary N) is 1. The predicted molar refractivity (Wildman–Crippen MR) is 140 cm³/mol. The number of hydrogen-bond donors (Lipinski definition) is 1. The molecule has 0 bridgehead atoms. The Balaban J connectivity index is 1.50. The number of aryl methyl sites for hydroxylation is 1. The number of benzene rings is 3. The third-order valence-electron chi connectivity index (χ3n) is 7.34. The van der Waals surface area contributed by atoms with Crippen molar-refractivity contribution in [3.63, 3.8) is 0 Å². The fourth-order valence-corrected chi connectivity index (χ4v) is 5.36. The van der Waals surface area contributed by atoms with E-state index >= 15 is 0 Å². The molecule has 1 aromatic heterocycles. The molecule has 0 spiro atoms. The molecule has 2 aliphatic rings. The second-order valence-corrected chi connectivity index (χ2v) is 10.1. The quantitative estimate of drug-likeness (QED) is 0.322. The van der Waals surface area contributed by atoms with Gasteiger partial charge in [0.05, 0.1) is 16.9 Å². The van der Waals surface area contributed by atoms with Crippen LogP contribution in [0.2, 0.25) is 0 Å². The Morgan fingerprint density at radius 3 is 2.33 bits per heavy atom. The summed E-state index contributed by atoms with van der Waals surface area (Å²) in [6, 6.07) is 17.8. The molecule has 0 radical (unpaired) electrons. The summed E-state index contributed by atoms with van der Waals surface area (Å²) >= 11 is 0. The lowest BCUT2D eigenvalue weighted by Crippen LogP contribution is -2.56. The first kappa shape index (κ1) is 25.8. The summed E-state index contributed by atoms with van der Waals surface area (Å²) in [5, 5.41) is 7.50. The van der Waals surface area contributed by atoms with Gasteiger partial charge in [0.15, 0.2) is 0 Å². The Morgan fingerprint density at radius 1 is 0.975 bits per heavy atom. The molecule has 1 aliphatic heterocycles. The van der Waals surface area contributed by atoms with Crippen LogP contribution in [0.1, 0.15) is 51.5 Å². The molecule has 2 heterocycles. The number of anilines is 1. The van der Waals surface area contributed by atoms with Gasteiger partial charge in [0, 0.05) is 23.1 Å². The minimum absolute atomic E-state index is 0.105. The molecule has 2 unspecified atom stereocenters. The predicted octanol–water partition coefficient (Wildman–Crippen LogP) is 5.78. The fourth-order valence-electron chi connectivity index (χ4n) is 5.36. The Kier molecular flexibility index (Phi) is 6.20. The maximum absolute atomic E-state index is 14.2. The standard InChI is InChI=1S/C30H24F4N4O2/c1-17-24-25(18-10-12-21(31)13-11-18)26(35-27(39)19-6-5-7-20(16-19)30(32,33)34)29(40)37(22-14-15-22)28(24)38(36-17)23-8-3-2-4-9-23/h2-13,16,22,25-26H,14-15H2,1H3,(H,35,39). The lowest BCUT2D eigenvalue weighted by molar-refractivity contribution is -0.137. The number of aromatic nitrogens is 2. The highest BCUT2D eigenvalue weighted by atomic mass is 19.4. The Labute approximate surface area is 227 Å². The number of carbonyl (C=O) groups is 2. The first-order valence-corrected chi connectivity index (χ1v) is 12.8. The van der Waals surface area contributed by atoms with Crippen LogP contribution in [0.4, 0.5) is 23.4 Å². The van der Waals surface area contributed by atoms with E-state index in [1.54, 1.807) is 28.6 Å². The van der Waals surface area contributed by atoms with Crippen molar-refractivity contribution in [1.29, 1.82) is 0 Å². The largest absolute Gasteiger partial charge is 0.416 e. The van der Waals surface area contributed by atoms with E-state index in [4.69, 9.17) is 5.10 Å². The molecule has 0 saturated heterocycles. The van der Waals surface area contributed by atoms with Gasteiger partial charge in [-0.2, -0.15) is 18.3 Å². The van der Waals surface area contributed by atoms with Gasteiger partial charge in [-0.1, -0.05) is 36.4 Å². The SMILES string of the molecule is Cc1nn(-c2ccccc2)c2c1C(c1ccc(F)cc1)C(NC(=O)c1cccc(C(F)(F)F)c1)C(=O)N2C1CC1. The molecule has 2 amide bonds. The molecule has 1 N–H and O–H groups in total. The third kappa shape index (κ3) is 4.53. The highest BCUT2D eigenvalue weighted by Crippen LogP contribution is 2.47. The van der Waals surface area contributed by atoms with Gasteiger partial charge in [-0.05, 0) is 67.8 Å². The third-order valence-corrected chi connectivity index (χ3v) is 7.34. The smallest absolute Gasteiger partial charge is 0.339 e. The molecule has 204 valence electrons. The van der Waals surface area contributed by atoms with E-state index in [0.29, 0.717) is 22.6 Å². The Hall–Kier alpha value is -4.47. The molecule has 3 aromatic carbocycles. The van der Waals surface area contributed by atoms with Crippen molar-refractivity contribution in [2.24, 2.45) is 0 Å². The molecular formula is C30H24F4N4O2. The monoisotopic (exact) mass is 548 g/mol. The van der Waals surface area contributed by atoms with E-state index in [1.807, 2.05) is 30.3 Å². The van der Waals surface area contributed by atoms with E-state index in [2.05, 4.69) is 5.32 Å². The highest BCUT2D eigenvalue weighted by molar-refractivity contribution is 6.06. The highest BCUT2D eigenvalue weighted by Gasteiger charge is 2.50. The van der Waals surface area contributed by atoms with E-state index in [1.165, 1.54) is 18.2 Å². The van der Waals surface area contributed by atoms with Crippen LogP contribution in [-0.2, 0) is 11.0 Å². The summed E-state index contributed by atoms with van der Waals surface area (Å²) in [7, 11) is 0. The maximum atomic E-state index is 14.2. The second kappa shape index (κ2) is 9.62. The molecule has 40 heavy (non-hydrogen) atoms. The van der Waals surface area contributed by atoms with Crippen molar-refractivity contribution >= 4 is 17.6 Å². The fraction of sp³-hybridized carbons (Fsp3) is 0.233.